The van der Waals surface area contributed by atoms with Gasteiger partial charge in [-0.3, -0.25) is 38.6 Å². The number of rotatable bonds is 15. The van der Waals surface area contributed by atoms with Gasteiger partial charge in [0, 0.05) is 39.5 Å². The Morgan fingerprint density at radius 2 is 1.43 bits per heavy atom. The molecule has 10 atom stereocenters. The molecular weight excluding hydrogens is 973 g/mol. The van der Waals surface area contributed by atoms with E-state index >= 15 is 0 Å². The van der Waals surface area contributed by atoms with E-state index in [0.717, 1.165) is 10.5 Å². The summed E-state index contributed by atoms with van der Waals surface area (Å²) < 4.78 is 5.82. The molecule has 1 saturated heterocycles. The zero-order valence-electron chi connectivity index (χ0n) is 43.3. The molecule has 23 heteroatoms. The second-order valence-corrected chi connectivity index (χ2v) is 18.5. The fourth-order valence-corrected chi connectivity index (χ4v) is 7.83. The number of amides is 7. The first-order valence-corrected chi connectivity index (χ1v) is 24.3. The Hall–Kier alpha value is -8.08. The highest BCUT2D eigenvalue weighted by atomic mass is 16.5. The third-order valence-electron chi connectivity index (χ3n) is 12.6. The quantitative estimate of drug-likeness (QED) is 0.0381. The summed E-state index contributed by atoms with van der Waals surface area (Å²) in [5.41, 5.74) is 12.7. The zero-order valence-corrected chi connectivity index (χ0v) is 43.3. The number of guanidine groups is 1. The molecule has 1 aliphatic rings. The Labute approximate surface area is 436 Å². The van der Waals surface area contributed by atoms with Crippen LogP contribution in [0.4, 0.5) is 0 Å². The lowest BCUT2D eigenvalue weighted by Gasteiger charge is -2.28. The molecule has 75 heavy (non-hydrogen) atoms. The Balaban J connectivity index is 2.14. The minimum atomic E-state index is -1.96. The summed E-state index contributed by atoms with van der Waals surface area (Å²) in [6, 6.07) is 6.06. The van der Waals surface area contributed by atoms with Crippen LogP contribution < -0.4 is 43.4 Å². The number of carbonyl (C=O) groups is 9. The van der Waals surface area contributed by atoms with Crippen LogP contribution in [0, 0.1) is 17.8 Å². The van der Waals surface area contributed by atoms with E-state index in [0.29, 0.717) is 17.6 Å². The molecule has 0 radical (unpaired) electrons. The lowest BCUT2D eigenvalue weighted by molar-refractivity contribution is -0.146. The average Bonchev–Trinajstić information content (AvgIpc) is 3.36. The number of nitrogens with two attached hydrogens (primary N) is 2. The third kappa shape index (κ3) is 19.7. The lowest BCUT2D eigenvalue weighted by atomic mass is 9.94. The number of allylic oxidation sites excluding steroid dienone is 2. The lowest BCUT2D eigenvalue weighted by Crippen LogP contribution is -2.59. The van der Waals surface area contributed by atoms with Gasteiger partial charge in [0.05, 0.1) is 24.0 Å². The van der Waals surface area contributed by atoms with Crippen LogP contribution in [0.25, 0.3) is 0 Å². The number of ether oxygens (including phenoxy) is 1. The van der Waals surface area contributed by atoms with Crippen molar-refractivity contribution in [1.29, 1.82) is 0 Å². The van der Waals surface area contributed by atoms with Crippen LogP contribution in [-0.2, 0) is 60.7 Å². The van der Waals surface area contributed by atoms with Crippen LogP contribution in [0.5, 0.6) is 5.75 Å². The van der Waals surface area contributed by atoms with Crippen LogP contribution in [0.15, 0.2) is 95.7 Å². The van der Waals surface area contributed by atoms with Gasteiger partial charge in [0.2, 0.25) is 35.4 Å². The molecule has 7 amide bonds. The maximum Gasteiger partial charge on any atom is 0.327 e. The summed E-state index contributed by atoms with van der Waals surface area (Å²) in [7, 11) is 2.80. The number of aliphatic carboxylic acids is 2. The number of phenols is 1. The SMILES string of the molecule is C=C1C(=O)N[C@H](C)C(=O)N[C@@H](Cc2ccc(O)cc2)C(=O)N[C@@H](C(=O)O)[C@@H](C)C(=O)N[C@@H](CCCN=C(N)N)C(=O)N[C@@H](/C=C/C(C)=C/[C@H](C)[C@H](Cc2ccccc2)OC)[C@H](C)C(=O)N[C@@H](C(=O)O)CCC(=O)N1C. The van der Waals surface area contributed by atoms with Crippen molar-refractivity contribution in [3.63, 3.8) is 0 Å². The van der Waals surface area contributed by atoms with Gasteiger partial charge in [0.15, 0.2) is 5.96 Å². The molecule has 0 saturated carbocycles. The number of carboxylic acid groups (broad SMARTS) is 2. The molecule has 0 aliphatic carbocycles. The first-order valence-electron chi connectivity index (χ1n) is 24.3. The highest BCUT2D eigenvalue weighted by molar-refractivity contribution is 6.00. The fourth-order valence-electron chi connectivity index (χ4n) is 7.83. The maximum absolute atomic E-state index is 14.4. The third-order valence-corrected chi connectivity index (χ3v) is 12.6. The molecule has 1 aliphatic heterocycles. The molecule has 13 N–H and O–H groups in total. The molecule has 1 fully saturated rings. The largest absolute Gasteiger partial charge is 0.508 e. The normalized spacial score (nSPS) is 24.5. The predicted octanol–water partition coefficient (Wildman–Crippen LogP) is 0.521. The van der Waals surface area contributed by atoms with Gasteiger partial charge in [0.25, 0.3) is 5.91 Å². The summed E-state index contributed by atoms with van der Waals surface area (Å²) in [5, 5.41) is 45.4. The van der Waals surface area contributed by atoms with Gasteiger partial charge in [-0.2, -0.15) is 0 Å². The van der Waals surface area contributed by atoms with Crippen LogP contribution in [0.2, 0.25) is 0 Å². The average molecular weight is 1050 g/mol. The molecule has 23 nitrogen and oxygen atoms in total. The van der Waals surface area contributed by atoms with Crippen LogP contribution in [0.1, 0.15) is 71.4 Å². The van der Waals surface area contributed by atoms with E-state index < -0.39 is 120 Å². The van der Waals surface area contributed by atoms with E-state index in [2.05, 4.69) is 43.5 Å². The topological polar surface area (TPSA) is 363 Å². The monoisotopic (exact) mass is 1040 g/mol. The maximum atomic E-state index is 14.4. The van der Waals surface area contributed by atoms with Gasteiger partial charge in [-0.15, -0.1) is 0 Å². The number of methoxy groups -OCH3 is 1. The Kier molecular flexibility index (Phi) is 24.1. The minimum absolute atomic E-state index is 0.00181. The summed E-state index contributed by atoms with van der Waals surface area (Å²) in [6.07, 6.45) is 4.20. The van der Waals surface area contributed by atoms with E-state index in [-0.39, 0.29) is 49.5 Å². The number of hydrogen-bond donors (Lipinski definition) is 11. The number of carboxylic acids is 2. The number of benzene rings is 2. The number of phenolic OH excluding ortho intramolecular Hbond substituents is 1. The minimum Gasteiger partial charge on any atom is -0.508 e. The summed E-state index contributed by atoms with van der Waals surface area (Å²) in [5.74, 6) is -13.0. The molecule has 3 rings (SSSR count). The van der Waals surface area contributed by atoms with E-state index in [1.807, 2.05) is 43.3 Å². The van der Waals surface area contributed by atoms with Gasteiger partial charge in [-0.1, -0.05) is 93.6 Å². The molecule has 2 aromatic rings. The van der Waals surface area contributed by atoms with E-state index in [1.54, 1.807) is 20.1 Å². The van der Waals surface area contributed by atoms with Crippen LogP contribution in [0.3, 0.4) is 0 Å². The van der Waals surface area contributed by atoms with Gasteiger partial charge < -0.3 is 68.3 Å². The van der Waals surface area contributed by atoms with Crippen molar-refractivity contribution >= 4 is 59.2 Å². The van der Waals surface area contributed by atoms with Crippen molar-refractivity contribution in [2.75, 3.05) is 20.7 Å². The van der Waals surface area contributed by atoms with Crippen molar-refractivity contribution < 1.29 is 63.2 Å². The smallest absolute Gasteiger partial charge is 0.327 e. The standard InChI is InChI=1S/C52H72N10O13/c1-28(25-29(2)41(75-8)27-34-13-10-9-11-14-34)16-21-37-30(3)44(65)59-39(50(71)72)22-23-42(64)62(7)33(6)47(68)56-32(5)46(67)60-40(26-35-17-19-36(63)20-18-35)49(70)61-43(51(73)74)31(4)45(66)58-38(48(69)57-37)15-12-24-55-52(53)54/h9-11,13-14,16-21,25,29-32,37-41,43,63H,6,12,15,22-24,26-27H2,1-5,7-8H3,(H,56,68)(H,57,69)(H,58,66)(H,59,65)(H,60,67)(H,61,70)(H,71,72)(H,73,74)(H4,53,54,55)/b21-16+,28-25+/t29-,30-,31+,32+,37-,38-,39+,40-,41-,43+/m0/s1. The van der Waals surface area contributed by atoms with Gasteiger partial charge >= 0.3 is 11.9 Å². The van der Waals surface area contributed by atoms with Gasteiger partial charge in [0.1, 0.15) is 41.7 Å². The van der Waals surface area contributed by atoms with Gasteiger partial charge in [-0.25, -0.2) is 9.59 Å². The van der Waals surface area contributed by atoms with Crippen molar-refractivity contribution in [2.45, 2.75) is 115 Å². The van der Waals surface area contributed by atoms with Crippen molar-refractivity contribution in [1.82, 2.24) is 36.8 Å². The molecule has 0 spiro atoms. The number of aliphatic imine (C=N–C) groups is 1. The highest BCUT2D eigenvalue weighted by Crippen LogP contribution is 2.19. The first kappa shape index (κ1) is 61.2. The molecular formula is C52H72N10O13. The van der Waals surface area contributed by atoms with E-state index in [9.17, 15) is 58.5 Å². The van der Waals surface area contributed by atoms with Crippen molar-refractivity contribution in [3.05, 3.63) is 102 Å². The zero-order chi connectivity index (χ0) is 56.1. The summed E-state index contributed by atoms with van der Waals surface area (Å²) in [4.78, 5) is 127. The number of hydrogen-bond acceptors (Lipinski definition) is 12. The number of carbonyl (C=O) groups excluding carboxylic acids is 7. The van der Waals surface area contributed by atoms with Crippen molar-refractivity contribution in [3.8, 4) is 5.75 Å². The Morgan fingerprint density at radius 1 is 0.813 bits per heavy atom. The van der Waals surface area contributed by atoms with E-state index in [4.69, 9.17) is 16.2 Å². The number of nitrogens with one attached hydrogen (secondary N) is 6. The number of aromatic hydroxyl groups is 1. The Bertz CT molecular complexity index is 2460. The number of likely N-dealkylation sites (N-methyl/N-ethyl adjacent to an activating group) is 1. The van der Waals surface area contributed by atoms with E-state index in [1.165, 1.54) is 58.2 Å². The summed E-state index contributed by atoms with van der Waals surface area (Å²) in [6.45, 7) is 11.3. The second kappa shape index (κ2) is 29.6. The molecule has 0 unspecified atom stereocenters. The number of nitrogens with zero attached hydrogens (tertiary/aromatic N) is 2. The van der Waals surface area contributed by atoms with Crippen LogP contribution >= 0.6 is 0 Å². The fraction of sp³-hybridized carbons (Fsp3) is 0.462. The van der Waals surface area contributed by atoms with Gasteiger partial charge in [-0.05, 0) is 62.8 Å². The summed E-state index contributed by atoms with van der Waals surface area (Å²) >= 11 is 0. The molecule has 0 bridgehead atoms. The Morgan fingerprint density at radius 3 is 2.03 bits per heavy atom. The van der Waals surface area contributed by atoms with Crippen molar-refractivity contribution in [2.24, 2.45) is 34.2 Å². The molecule has 0 aromatic heterocycles. The molecule has 1 heterocycles. The second-order valence-electron chi connectivity index (χ2n) is 18.5. The first-order chi connectivity index (χ1) is 35.3. The predicted molar refractivity (Wildman–Crippen MR) is 277 cm³/mol. The molecule has 408 valence electrons. The van der Waals surface area contributed by atoms with Crippen LogP contribution in [-0.4, -0.2) is 143 Å². The molecule has 2 aromatic carbocycles. The highest BCUT2D eigenvalue weighted by Gasteiger charge is 2.37.